The van der Waals surface area contributed by atoms with Crippen molar-refractivity contribution in [3.05, 3.63) is 47.0 Å². The van der Waals surface area contributed by atoms with Crippen LogP contribution in [0.5, 0.6) is 0 Å². The molecule has 1 unspecified atom stereocenters. The lowest BCUT2D eigenvalue weighted by Gasteiger charge is -2.13. The quantitative estimate of drug-likeness (QED) is 0.871. The number of urea groups is 1. The molecule has 1 aliphatic rings. The Balaban J connectivity index is 1.66. The molecule has 0 aliphatic heterocycles. The number of fused-ring (bicyclic) bond motifs is 1. The predicted molar refractivity (Wildman–Crippen MR) is 71.8 cm³/mol. The van der Waals surface area contributed by atoms with Crippen molar-refractivity contribution >= 4 is 22.5 Å². The summed E-state index contributed by atoms with van der Waals surface area (Å²) in [7, 11) is 0. The second-order valence-electron chi connectivity index (χ2n) is 4.23. The topological polar surface area (TPSA) is 54.0 Å². The molecule has 1 aromatic carbocycles. The van der Waals surface area contributed by atoms with Gasteiger partial charge in [0.25, 0.3) is 0 Å². The van der Waals surface area contributed by atoms with E-state index >= 15 is 0 Å². The van der Waals surface area contributed by atoms with E-state index in [9.17, 15) is 4.79 Å². The summed E-state index contributed by atoms with van der Waals surface area (Å²) in [6, 6.07) is 8.17. The molecule has 0 fully saturated rings. The van der Waals surface area contributed by atoms with Gasteiger partial charge in [-0.2, -0.15) is 0 Å². The van der Waals surface area contributed by atoms with Crippen molar-refractivity contribution in [1.82, 2.24) is 10.3 Å². The van der Waals surface area contributed by atoms with E-state index in [1.807, 2.05) is 17.5 Å². The molecular weight excluding hydrogens is 246 g/mol. The predicted octanol–water partition coefficient (Wildman–Crippen LogP) is 2.95. The number of rotatable bonds is 2. The van der Waals surface area contributed by atoms with Crippen LogP contribution in [0.3, 0.4) is 0 Å². The maximum Gasteiger partial charge on any atom is 0.321 e. The minimum atomic E-state index is -0.188. The maximum atomic E-state index is 11.8. The zero-order chi connectivity index (χ0) is 12.4. The van der Waals surface area contributed by atoms with E-state index in [1.165, 1.54) is 22.5 Å². The zero-order valence-electron chi connectivity index (χ0n) is 9.72. The summed E-state index contributed by atoms with van der Waals surface area (Å²) >= 11 is 1.41. The number of aryl methyl sites for hydroxylation is 1. The van der Waals surface area contributed by atoms with Crippen LogP contribution < -0.4 is 10.6 Å². The van der Waals surface area contributed by atoms with E-state index in [2.05, 4.69) is 27.8 Å². The van der Waals surface area contributed by atoms with Crippen LogP contribution in [0.4, 0.5) is 9.93 Å². The van der Waals surface area contributed by atoms with Crippen molar-refractivity contribution in [2.24, 2.45) is 0 Å². The van der Waals surface area contributed by atoms with E-state index in [0.717, 1.165) is 12.8 Å². The average molecular weight is 259 g/mol. The molecule has 18 heavy (non-hydrogen) atoms. The van der Waals surface area contributed by atoms with Crippen molar-refractivity contribution in [1.29, 1.82) is 0 Å². The van der Waals surface area contributed by atoms with Crippen molar-refractivity contribution in [2.45, 2.75) is 18.9 Å². The molecular formula is C13H13N3OS. The number of thiazole rings is 1. The number of hydrogen-bond acceptors (Lipinski definition) is 3. The maximum absolute atomic E-state index is 11.8. The molecule has 0 saturated carbocycles. The highest BCUT2D eigenvalue weighted by Gasteiger charge is 2.23. The Bertz CT molecular complexity index is 553. The third-order valence-corrected chi connectivity index (χ3v) is 3.78. The number of benzene rings is 1. The summed E-state index contributed by atoms with van der Waals surface area (Å²) in [4.78, 5) is 15.8. The molecule has 1 aromatic heterocycles. The van der Waals surface area contributed by atoms with Crippen molar-refractivity contribution < 1.29 is 4.79 Å². The number of amides is 2. The van der Waals surface area contributed by atoms with Crippen LogP contribution in [0.2, 0.25) is 0 Å². The Morgan fingerprint density at radius 3 is 3.11 bits per heavy atom. The molecule has 2 N–H and O–H groups in total. The Hall–Kier alpha value is -1.88. The average Bonchev–Trinajstić information content (AvgIpc) is 3.00. The Morgan fingerprint density at radius 2 is 2.28 bits per heavy atom. The highest BCUT2D eigenvalue weighted by atomic mass is 32.1. The molecule has 3 rings (SSSR count). The SMILES string of the molecule is O=C(Nc1nccs1)NC1CCc2ccccc21. The van der Waals surface area contributed by atoms with Gasteiger partial charge in [0.15, 0.2) is 5.13 Å². The first kappa shape index (κ1) is 11.2. The third-order valence-electron chi connectivity index (χ3n) is 3.09. The van der Waals surface area contributed by atoms with E-state index in [1.54, 1.807) is 6.20 Å². The van der Waals surface area contributed by atoms with E-state index in [-0.39, 0.29) is 12.1 Å². The van der Waals surface area contributed by atoms with Crippen LogP contribution in [0.25, 0.3) is 0 Å². The molecule has 92 valence electrons. The Morgan fingerprint density at radius 1 is 1.39 bits per heavy atom. The second-order valence-corrected chi connectivity index (χ2v) is 5.12. The smallest absolute Gasteiger partial charge is 0.321 e. The molecule has 2 aromatic rings. The van der Waals surface area contributed by atoms with Crippen LogP contribution in [-0.4, -0.2) is 11.0 Å². The minimum Gasteiger partial charge on any atom is -0.331 e. The largest absolute Gasteiger partial charge is 0.331 e. The highest BCUT2D eigenvalue weighted by molar-refractivity contribution is 7.13. The standard InChI is InChI=1S/C13H13N3OS/c17-12(16-13-14-7-8-18-13)15-11-6-5-9-3-1-2-4-10(9)11/h1-4,7-8,11H,5-6H2,(H2,14,15,16,17). The van der Waals surface area contributed by atoms with Gasteiger partial charge in [0.2, 0.25) is 0 Å². The van der Waals surface area contributed by atoms with Gasteiger partial charge in [-0.1, -0.05) is 24.3 Å². The van der Waals surface area contributed by atoms with Gasteiger partial charge < -0.3 is 5.32 Å². The normalized spacial score (nSPS) is 17.2. The molecule has 1 aliphatic carbocycles. The summed E-state index contributed by atoms with van der Waals surface area (Å²) in [5, 5.41) is 8.18. The van der Waals surface area contributed by atoms with Gasteiger partial charge >= 0.3 is 6.03 Å². The molecule has 0 bridgehead atoms. The summed E-state index contributed by atoms with van der Waals surface area (Å²) in [5.41, 5.74) is 2.56. The summed E-state index contributed by atoms with van der Waals surface area (Å²) < 4.78 is 0. The summed E-state index contributed by atoms with van der Waals surface area (Å²) in [5.74, 6) is 0. The first-order chi connectivity index (χ1) is 8.83. The molecule has 4 nitrogen and oxygen atoms in total. The lowest BCUT2D eigenvalue weighted by Crippen LogP contribution is -2.31. The Kier molecular flexibility index (Phi) is 2.98. The van der Waals surface area contributed by atoms with E-state index < -0.39 is 0 Å². The summed E-state index contributed by atoms with van der Waals surface area (Å²) in [6.07, 6.45) is 3.66. The molecule has 1 heterocycles. The van der Waals surface area contributed by atoms with Gasteiger partial charge in [-0.05, 0) is 24.0 Å². The third kappa shape index (κ3) is 2.22. The lowest BCUT2D eigenvalue weighted by molar-refractivity contribution is 0.248. The van der Waals surface area contributed by atoms with E-state index in [0.29, 0.717) is 5.13 Å². The first-order valence-electron chi connectivity index (χ1n) is 5.88. The van der Waals surface area contributed by atoms with Crippen LogP contribution in [0, 0.1) is 0 Å². The van der Waals surface area contributed by atoms with Crippen LogP contribution >= 0.6 is 11.3 Å². The molecule has 0 radical (unpaired) electrons. The minimum absolute atomic E-state index is 0.112. The summed E-state index contributed by atoms with van der Waals surface area (Å²) in [6.45, 7) is 0. The highest BCUT2D eigenvalue weighted by Crippen LogP contribution is 2.30. The fraction of sp³-hybridized carbons (Fsp3) is 0.231. The van der Waals surface area contributed by atoms with Crippen molar-refractivity contribution in [3.8, 4) is 0 Å². The second kappa shape index (κ2) is 4.78. The van der Waals surface area contributed by atoms with Gasteiger partial charge in [0, 0.05) is 11.6 Å². The monoisotopic (exact) mass is 259 g/mol. The molecule has 2 amide bonds. The number of anilines is 1. The molecule has 1 atom stereocenters. The van der Waals surface area contributed by atoms with Crippen LogP contribution in [0.15, 0.2) is 35.8 Å². The number of carbonyl (C=O) groups is 1. The number of carbonyl (C=O) groups excluding carboxylic acids is 1. The molecule has 5 heteroatoms. The molecule has 0 spiro atoms. The fourth-order valence-corrected chi connectivity index (χ4v) is 2.81. The van der Waals surface area contributed by atoms with Gasteiger partial charge in [-0.3, -0.25) is 5.32 Å². The van der Waals surface area contributed by atoms with Gasteiger partial charge in [0.1, 0.15) is 0 Å². The molecule has 0 saturated heterocycles. The van der Waals surface area contributed by atoms with E-state index in [4.69, 9.17) is 0 Å². The number of hydrogen-bond donors (Lipinski definition) is 2. The van der Waals surface area contributed by atoms with Gasteiger partial charge in [0.05, 0.1) is 6.04 Å². The van der Waals surface area contributed by atoms with Crippen LogP contribution in [0.1, 0.15) is 23.6 Å². The van der Waals surface area contributed by atoms with Gasteiger partial charge in [-0.25, -0.2) is 9.78 Å². The Labute approximate surface area is 109 Å². The first-order valence-corrected chi connectivity index (χ1v) is 6.76. The number of nitrogens with one attached hydrogen (secondary N) is 2. The number of nitrogens with zero attached hydrogens (tertiary/aromatic N) is 1. The van der Waals surface area contributed by atoms with Crippen molar-refractivity contribution in [3.63, 3.8) is 0 Å². The van der Waals surface area contributed by atoms with Crippen LogP contribution in [-0.2, 0) is 6.42 Å². The van der Waals surface area contributed by atoms with Gasteiger partial charge in [-0.15, -0.1) is 11.3 Å². The zero-order valence-corrected chi connectivity index (χ0v) is 10.5. The fourth-order valence-electron chi connectivity index (χ4n) is 2.28. The number of aromatic nitrogens is 1. The lowest BCUT2D eigenvalue weighted by atomic mass is 10.1. The van der Waals surface area contributed by atoms with Crippen molar-refractivity contribution in [2.75, 3.05) is 5.32 Å².